The minimum Gasteiger partial charge on any atom is -0.466 e. The lowest BCUT2D eigenvalue weighted by molar-refractivity contribution is -0.143. The number of hydrogen-bond donors (Lipinski definition) is 0. The summed E-state index contributed by atoms with van der Waals surface area (Å²) < 4.78 is 9.17. The van der Waals surface area contributed by atoms with Crippen LogP contribution in [0.2, 0.25) is 0 Å². The lowest BCUT2D eigenvalue weighted by Gasteiger charge is -2.09. The molecule has 0 aliphatic carbocycles. The van der Waals surface area contributed by atoms with Crippen molar-refractivity contribution in [1.82, 2.24) is 18.7 Å². The topological polar surface area (TPSA) is 88.1 Å². The molecule has 0 aliphatic heterocycles. The maximum Gasteiger partial charge on any atom is 0.332 e. The smallest absolute Gasteiger partial charge is 0.332 e. The van der Waals surface area contributed by atoms with Crippen molar-refractivity contribution in [2.24, 2.45) is 7.05 Å². The molecule has 0 radical (unpaired) electrons. The minimum atomic E-state index is -0.389. The maximum absolute atomic E-state index is 12.6. The SMILES string of the molecule is CCOC(=O)CCCCn1c(=O)c2c(ncn2CC)n(C)c1=O. The molecule has 8 heteroatoms. The molecule has 2 aromatic heterocycles. The number of hydrogen-bond acceptors (Lipinski definition) is 5. The number of unbranched alkanes of at least 4 members (excludes halogenated alkanes) is 1. The fraction of sp³-hybridized carbons (Fsp3) is 0.600. The first-order chi connectivity index (χ1) is 11.0. The Hall–Kier alpha value is -2.38. The first-order valence-corrected chi connectivity index (χ1v) is 7.81. The number of nitrogens with zero attached hydrogens (tertiary/aromatic N) is 4. The molecule has 2 aromatic rings. The highest BCUT2D eigenvalue weighted by Crippen LogP contribution is 2.06. The van der Waals surface area contributed by atoms with E-state index < -0.39 is 0 Å². The van der Waals surface area contributed by atoms with Gasteiger partial charge in [-0.15, -0.1) is 0 Å². The Bertz CT molecular complexity index is 815. The second kappa shape index (κ2) is 7.26. The van der Waals surface area contributed by atoms with E-state index >= 15 is 0 Å². The summed E-state index contributed by atoms with van der Waals surface area (Å²) in [5, 5.41) is 0. The van der Waals surface area contributed by atoms with Crippen molar-refractivity contribution < 1.29 is 9.53 Å². The molecule has 0 bridgehead atoms. The van der Waals surface area contributed by atoms with E-state index in [0.29, 0.717) is 37.2 Å². The molecular weight excluding hydrogens is 300 g/mol. The van der Waals surface area contributed by atoms with Crippen LogP contribution in [0, 0.1) is 0 Å². The van der Waals surface area contributed by atoms with Gasteiger partial charge in [0.15, 0.2) is 11.2 Å². The van der Waals surface area contributed by atoms with Gasteiger partial charge in [0, 0.05) is 26.6 Å². The van der Waals surface area contributed by atoms with Gasteiger partial charge in [0.05, 0.1) is 12.9 Å². The van der Waals surface area contributed by atoms with Crippen molar-refractivity contribution in [3.8, 4) is 0 Å². The fourth-order valence-electron chi connectivity index (χ4n) is 2.53. The van der Waals surface area contributed by atoms with Gasteiger partial charge >= 0.3 is 11.7 Å². The van der Waals surface area contributed by atoms with Crippen LogP contribution in [0.15, 0.2) is 15.9 Å². The summed E-state index contributed by atoms with van der Waals surface area (Å²) in [6.45, 7) is 4.90. The third kappa shape index (κ3) is 3.35. The lowest BCUT2D eigenvalue weighted by Crippen LogP contribution is -2.39. The van der Waals surface area contributed by atoms with Gasteiger partial charge in [-0.25, -0.2) is 9.78 Å². The van der Waals surface area contributed by atoms with Crippen molar-refractivity contribution in [3.63, 3.8) is 0 Å². The summed E-state index contributed by atoms with van der Waals surface area (Å²) in [4.78, 5) is 40.3. The number of ether oxygens (including phenoxy) is 1. The molecule has 2 rings (SSSR count). The quantitative estimate of drug-likeness (QED) is 0.552. The fourth-order valence-corrected chi connectivity index (χ4v) is 2.53. The summed E-state index contributed by atoms with van der Waals surface area (Å²) in [7, 11) is 1.60. The zero-order valence-electron chi connectivity index (χ0n) is 13.7. The first kappa shape index (κ1) is 17.0. The van der Waals surface area contributed by atoms with E-state index in [4.69, 9.17) is 4.74 Å². The Morgan fingerprint density at radius 3 is 2.65 bits per heavy atom. The molecule has 0 N–H and O–H groups in total. The molecule has 8 nitrogen and oxygen atoms in total. The van der Waals surface area contributed by atoms with E-state index in [2.05, 4.69) is 4.98 Å². The molecule has 0 amide bonds. The second-order valence-corrected chi connectivity index (χ2v) is 5.26. The number of rotatable bonds is 7. The average Bonchev–Trinajstić information content (AvgIpc) is 2.96. The predicted octanol–water partition coefficient (Wildman–Crippen LogP) is 0.650. The number of esters is 1. The van der Waals surface area contributed by atoms with Crippen LogP contribution in [0.3, 0.4) is 0 Å². The second-order valence-electron chi connectivity index (χ2n) is 5.26. The average molecular weight is 322 g/mol. The Balaban J connectivity index is 2.22. The zero-order chi connectivity index (χ0) is 17.0. The Morgan fingerprint density at radius 2 is 2.00 bits per heavy atom. The number of carbonyl (C=O) groups excluding carboxylic acids is 1. The maximum atomic E-state index is 12.6. The van der Waals surface area contributed by atoms with Crippen LogP contribution in [0.25, 0.3) is 11.2 Å². The molecule has 0 saturated carbocycles. The third-order valence-electron chi connectivity index (χ3n) is 3.76. The molecule has 0 aromatic carbocycles. The van der Waals surface area contributed by atoms with Crippen LogP contribution >= 0.6 is 0 Å². The van der Waals surface area contributed by atoms with Gasteiger partial charge in [0.2, 0.25) is 0 Å². The molecule has 0 unspecified atom stereocenters. The van der Waals surface area contributed by atoms with E-state index in [-0.39, 0.29) is 30.2 Å². The van der Waals surface area contributed by atoms with Gasteiger partial charge in [-0.1, -0.05) is 0 Å². The number of aryl methyl sites for hydroxylation is 2. The summed E-state index contributed by atoms with van der Waals surface area (Å²) in [5.74, 6) is -0.257. The monoisotopic (exact) mass is 322 g/mol. The van der Waals surface area contributed by atoms with Crippen LogP contribution in [0.5, 0.6) is 0 Å². The van der Waals surface area contributed by atoms with Gasteiger partial charge in [-0.3, -0.25) is 18.7 Å². The normalized spacial score (nSPS) is 11.1. The number of imidazole rings is 1. The van der Waals surface area contributed by atoms with E-state index in [1.54, 1.807) is 24.9 Å². The van der Waals surface area contributed by atoms with Crippen molar-refractivity contribution in [3.05, 3.63) is 27.2 Å². The molecule has 0 atom stereocenters. The molecule has 126 valence electrons. The van der Waals surface area contributed by atoms with Gasteiger partial charge in [0.25, 0.3) is 5.56 Å². The summed E-state index contributed by atoms with van der Waals surface area (Å²) in [6.07, 6.45) is 2.98. The third-order valence-corrected chi connectivity index (χ3v) is 3.76. The number of carbonyl (C=O) groups is 1. The standard InChI is InChI=1S/C15H22N4O4/c1-4-18-10-16-13-12(18)14(21)19(15(22)17(13)3)9-7-6-8-11(20)23-5-2/h10H,4-9H2,1-3H3. The molecule has 0 spiro atoms. The predicted molar refractivity (Wildman–Crippen MR) is 85.4 cm³/mol. The van der Waals surface area contributed by atoms with E-state index in [1.165, 1.54) is 9.13 Å². The van der Waals surface area contributed by atoms with Gasteiger partial charge in [-0.05, 0) is 26.7 Å². The highest BCUT2D eigenvalue weighted by molar-refractivity contribution is 5.70. The van der Waals surface area contributed by atoms with Crippen LogP contribution < -0.4 is 11.2 Å². The first-order valence-electron chi connectivity index (χ1n) is 7.81. The van der Waals surface area contributed by atoms with Crippen LogP contribution in [-0.2, 0) is 29.7 Å². The molecular formula is C15H22N4O4. The highest BCUT2D eigenvalue weighted by atomic mass is 16.5. The lowest BCUT2D eigenvalue weighted by atomic mass is 10.2. The van der Waals surface area contributed by atoms with Crippen molar-refractivity contribution in [1.29, 1.82) is 0 Å². The zero-order valence-corrected chi connectivity index (χ0v) is 13.7. The van der Waals surface area contributed by atoms with Crippen LogP contribution in [0.4, 0.5) is 0 Å². The summed E-state index contributed by atoms with van der Waals surface area (Å²) >= 11 is 0. The molecule has 0 aliphatic rings. The van der Waals surface area contributed by atoms with Gasteiger partial charge in [0.1, 0.15) is 0 Å². The number of fused-ring (bicyclic) bond motifs is 1. The summed E-state index contributed by atoms with van der Waals surface area (Å²) in [5.41, 5.74) is 0.100. The molecule has 23 heavy (non-hydrogen) atoms. The van der Waals surface area contributed by atoms with Crippen LogP contribution in [-0.4, -0.2) is 31.3 Å². The molecule has 0 fully saturated rings. The Kier molecular flexibility index (Phi) is 5.36. The minimum absolute atomic E-state index is 0.257. The van der Waals surface area contributed by atoms with Crippen LogP contribution in [0.1, 0.15) is 33.1 Å². The Morgan fingerprint density at radius 1 is 1.26 bits per heavy atom. The van der Waals surface area contributed by atoms with Crippen molar-refractivity contribution >= 4 is 17.1 Å². The molecule has 2 heterocycles. The van der Waals surface area contributed by atoms with Gasteiger partial charge < -0.3 is 9.30 Å². The van der Waals surface area contributed by atoms with Crippen molar-refractivity contribution in [2.45, 2.75) is 46.2 Å². The van der Waals surface area contributed by atoms with Gasteiger partial charge in [-0.2, -0.15) is 0 Å². The molecule has 0 saturated heterocycles. The van der Waals surface area contributed by atoms with E-state index in [0.717, 1.165) is 0 Å². The summed E-state index contributed by atoms with van der Waals surface area (Å²) in [6, 6.07) is 0. The highest BCUT2D eigenvalue weighted by Gasteiger charge is 2.15. The van der Waals surface area contributed by atoms with E-state index in [9.17, 15) is 14.4 Å². The Labute approximate surface area is 133 Å². The largest absolute Gasteiger partial charge is 0.466 e. The number of aromatic nitrogens is 4. The van der Waals surface area contributed by atoms with E-state index in [1.807, 2.05) is 6.92 Å². The van der Waals surface area contributed by atoms with Crippen molar-refractivity contribution in [2.75, 3.05) is 6.61 Å².